The lowest BCUT2D eigenvalue weighted by Gasteiger charge is -2.22. The highest BCUT2D eigenvalue weighted by molar-refractivity contribution is 5.85. The summed E-state index contributed by atoms with van der Waals surface area (Å²) in [5.41, 5.74) is -0.0929. The summed E-state index contributed by atoms with van der Waals surface area (Å²) in [4.78, 5) is 0. The normalized spacial score (nSPS) is 15.8. The molecule has 0 spiro atoms. The first-order valence-corrected chi connectivity index (χ1v) is 7.57. The van der Waals surface area contributed by atoms with E-state index in [1.54, 1.807) is 23.1 Å². The van der Waals surface area contributed by atoms with Crippen molar-refractivity contribution in [3.8, 4) is 5.75 Å². The van der Waals surface area contributed by atoms with E-state index in [9.17, 15) is 13.2 Å². The van der Waals surface area contributed by atoms with Gasteiger partial charge >= 0.3 is 6.18 Å². The van der Waals surface area contributed by atoms with Crippen LogP contribution in [0.25, 0.3) is 0 Å². The molecule has 2 aromatic rings. The SMILES string of the molecule is Cl.FC(F)(F)c1cccc(Cn2cc(OC3CCNCC3)cn2)c1. The lowest BCUT2D eigenvalue weighted by atomic mass is 10.1. The molecule has 1 aliphatic heterocycles. The molecule has 2 heterocycles. The van der Waals surface area contributed by atoms with Crippen LogP contribution in [0.5, 0.6) is 5.75 Å². The Morgan fingerprint density at radius 3 is 2.71 bits per heavy atom. The number of halogens is 4. The third-order valence-electron chi connectivity index (χ3n) is 3.80. The zero-order valence-corrected chi connectivity index (χ0v) is 13.7. The summed E-state index contributed by atoms with van der Waals surface area (Å²) in [6.07, 6.45) is 1.06. The molecule has 1 fully saturated rings. The molecule has 1 saturated heterocycles. The fourth-order valence-corrected chi connectivity index (χ4v) is 2.63. The molecule has 0 saturated carbocycles. The molecular weight excluding hydrogens is 343 g/mol. The quantitative estimate of drug-likeness (QED) is 0.906. The van der Waals surface area contributed by atoms with Crippen molar-refractivity contribution >= 4 is 12.4 Å². The highest BCUT2D eigenvalue weighted by Gasteiger charge is 2.30. The van der Waals surface area contributed by atoms with Crippen LogP contribution in [0.4, 0.5) is 13.2 Å². The van der Waals surface area contributed by atoms with Gasteiger partial charge in [-0.15, -0.1) is 12.4 Å². The predicted molar refractivity (Wildman–Crippen MR) is 86.5 cm³/mol. The monoisotopic (exact) mass is 361 g/mol. The maximum Gasteiger partial charge on any atom is 0.416 e. The van der Waals surface area contributed by atoms with Crippen LogP contribution in [0.2, 0.25) is 0 Å². The van der Waals surface area contributed by atoms with Gasteiger partial charge in [0.15, 0.2) is 5.75 Å². The van der Waals surface area contributed by atoms with Gasteiger partial charge in [0.1, 0.15) is 6.10 Å². The highest BCUT2D eigenvalue weighted by Crippen LogP contribution is 2.29. The number of hydrogen-bond donors (Lipinski definition) is 1. The van der Waals surface area contributed by atoms with Crippen LogP contribution in [0.1, 0.15) is 24.0 Å². The Morgan fingerprint density at radius 1 is 1.25 bits per heavy atom. The molecule has 3 rings (SSSR count). The molecule has 0 unspecified atom stereocenters. The number of nitrogens with one attached hydrogen (secondary N) is 1. The van der Waals surface area contributed by atoms with Gasteiger partial charge in [0, 0.05) is 0 Å². The van der Waals surface area contributed by atoms with Crippen LogP contribution < -0.4 is 10.1 Å². The van der Waals surface area contributed by atoms with E-state index in [1.807, 2.05) is 0 Å². The van der Waals surface area contributed by atoms with E-state index < -0.39 is 11.7 Å². The second-order valence-corrected chi connectivity index (χ2v) is 5.64. The van der Waals surface area contributed by atoms with E-state index >= 15 is 0 Å². The number of piperidine rings is 1. The van der Waals surface area contributed by atoms with Crippen molar-refractivity contribution in [3.63, 3.8) is 0 Å². The van der Waals surface area contributed by atoms with Gasteiger partial charge < -0.3 is 10.1 Å². The van der Waals surface area contributed by atoms with E-state index in [1.165, 1.54) is 6.07 Å². The van der Waals surface area contributed by atoms with E-state index in [4.69, 9.17) is 4.74 Å². The molecule has 0 amide bonds. The molecule has 1 aliphatic rings. The zero-order chi connectivity index (χ0) is 16.3. The molecule has 0 bridgehead atoms. The number of benzene rings is 1. The van der Waals surface area contributed by atoms with Gasteiger partial charge in [-0.1, -0.05) is 12.1 Å². The first-order valence-electron chi connectivity index (χ1n) is 7.57. The second-order valence-electron chi connectivity index (χ2n) is 5.64. The lowest BCUT2D eigenvalue weighted by molar-refractivity contribution is -0.137. The van der Waals surface area contributed by atoms with Gasteiger partial charge in [-0.05, 0) is 43.6 Å². The standard InChI is InChI=1S/C16H18F3N3O.ClH/c17-16(18,19)13-3-1-2-12(8-13)10-22-11-15(9-21-22)23-14-4-6-20-7-5-14;/h1-3,8-9,11,14,20H,4-7,10H2;1H. The molecule has 4 nitrogen and oxygen atoms in total. The van der Waals surface area contributed by atoms with Crippen molar-refractivity contribution in [2.75, 3.05) is 13.1 Å². The van der Waals surface area contributed by atoms with Gasteiger partial charge in [0.05, 0.1) is 24.5 Å². The number of alkyl halides is 3. The minimum atomic E-state index is -4.33. The molecule has 132 valence electrons. The van der Waals surface area contributed by atoms with E-state index in [-0.39, 0.29) is 25.1 Å². The van der Waals surface area contributed by atoms with E-state index in [2.05, 4.69) is 10.4 Å². The largest absolute Gasteiger partial charge is 0.487 e. The van der Waals surface area contributed by atoms with Crippen LogP contribution in [-0.4, -0.2) is 29.0 Å². The number of aromatic nitrogens is 2. The Balaban J connectivity index is 0.00000208. The van der Waals surface area contributed by atoms with Crippen molar-refractivity contribution in [1.29, 1.82) is 0 Å². The van der Waals surface area contributed by atoms with E-state index in [0.29, 0.717) is 11.3 Å². The summed E-state index contributed by atoms with van der Waals surface area (Å²) in [5.74, 6) is 0.656. The molecule has 1 aromatic carbocycles. The molecule has 24 heavy (non-hydrogen) atoms. The summed E-state index contributed by atoms with van der Waals surface area (Å²) in [6.45, 7) is 2.14. The van der Waals surface area contributed by atoms with Crippen LogP contribution in [0, 0.1) is 0 Å². The van der Waals surface area contributed by atoms with Crippen molar-refractivity contribution in [1.82, 2.24) is 15.1 Å². The Morgan fingerprint density at radius 2 is 2.00 bits per heavy atom. The number of rotatable bonds is 4. The zero-order valence-electron chi connectivity index (χ0n) is 12.9. The van der Waals surface area contributed by atoms with Crippen LogP contribution in [-0.2, 0) is 12.7 Å². The maximum absolute atomic E-state index is 12.7. The lowest BCUT2D eigenvalue weighted by Crippen LogP contribution is -2.34. The Labute approximate surface area is 144 Å². The number of hydrogen-bond acceptors (Lipinski definition) is 3. The van der Waals surface area contributed by atoms with Gasteiger partial charge in [-0.25, -0.2) is 0 Å². The fraction of sp³-hybridized carbons (Fsp3) is 0.438. The molecule has 1 aromatic heterocycles. The van der Waals surface area contributed by atoms with Crippen molar-refractivity contribution < 1.29 is 17.9 Å². The smallest absolute Gasteiger partial charge is 0.416 e. The minimum Gasteiger partial charge on any atom is -0.487 e. The van der Waals surface area contributed by atoms with Crippen molar-refractivity contribution in [3.05, 3.63) is 47.8 Å². The first kappa shape index (κ1) is 18.6. The summed E-state index contributed by atoms with van der Waals surface area (Å²) in [7, 11) is 0. The minimum absolute atomic E-state index is 0. The van der Waals surface area contributed by atoms with Gasteiger partial charge in [0.2, 0.25) is 0 Å². The third-order valence-corrected chi connectivity index (χ3v) is 3.80. The molecule has 0 radical (unpaired) electrons. The predicted octanol–water partition coefficient (Wildman–Crippen LogP) is 3.50. The maximum atomic E-state index is 12.7. The summed E-state index contributed by atoms with van der Waals surface area (Å²) < 4.78 is 45.6. The molecule has 0 aliphatic carbocycles. The third kappa shape index (κ3) is 4.88. The van der Waals surface area contributed by atoms with Crippen LogP contribution in [0.3, 0.4) is 0 Å². The van der Waals surface area contributed by atoms with Crippen molar-refractivity contribution in [2.24, 2.45) is 0 Å². The molecular formula is C16H19ClF3N3O. The average molecular weight is 362 g/mol. The Bertz CT molecular complexity index is 654. The molecule has 8 heteroatoms. The topological polar surface area (TPSA) is 39.1 Å². The number of nitrogens with zero attached hydrogens (tertiary/aromatic N) is 2. The molecule has 0 atom stereocenters. The summed E-state index contributed by atoms with van der Waals surface area (Å²) >= 11 is 0. The van der Waals surface area contributed by atoms with Gasteiger partial charge in [-0.3, -0.25) is 4.68 Å². The Hall–Kier alpha value is -1.73. The van der Waals surface area contributed by atoms with E-state index in [0.717, 1.165) is 38.1 Å². The van der Waals surface area contributed by atoms with Gasteiger partial charge in [0.25, 0.3) is 0 Å². The Kier molecular flexibility index (Phi) is 6.12. The average Bonchev–Trinajstić information content (AvgIpc) is 2.95. The highest BCUT2D eigenvalue weighted by atomic mass is 35.5. The first-order chi connectivity index (χ1) is 11.0. The van der Waals surface area contributed by atoms with Gasteiger partial charge in [-0.2, -0.15) is 18.3 Å². The number of ether oxygens (including phenoxy) is 1. The second kappa shape index (κ2) is 7.90. The van der Waals surface area contributed by atoms with Crippen molar-refractivity contribution in [2.45, 2.75) is 31.7 Å². The fourth-order valence-electron chi connectivity index (χ4n) is 2.63. The molecule has 1 N–H and O–H groups in total. The summed E-state index contributed by atoms with van der Waals surface area (Å²) in [6, 6.07) is 5.28. The summed E-state index contributed by atoms with van der Waals surface area (Å²) in [5, 5.41) is 7.43. The van der Waals surface area contributed by atoms with Crippen LogP contribution in [0.15, 0.2) is 36.7 Å². The van der Waals surface area contributed by atoms with Crippen LogP contribution >= 0.6 is 12.4 Å².